The van der Waals surface area contributed by atoms with Crippen molar-refractivity contribution < 1.29 is 41.0 Å². The number of pyridine rings is 1. The van der Waals surface area contributed by atoms with E-state index < -0.39 is 78.4 Å². The van der Waals surface area contributed by atoms with Gasteiger partial charge in [-0.3, -0.25) is 4.79 Å². The molecule has 1 aliphatic carbocycles. The second-order valence-electron chi connectivity index (χ2n) is 6.56. The highest BCUT2D eigenvalue weighted by atomic mass is 35.5. The van der Waals surface area contributed by atoms with Crippen LogP contribution in [0.25, 0.3) is 0 Å². The van der Waals surface area contributed by atoms with Crippen molar-refractivity contribution in [3.63, 3.8) is 0 Å². The van der Waals surface area contributed by atoms with E-state index in [1.165, 1.54) is 0 Å². The normalized spacial score (nSPS) is 28.9. The molecule has 150 valence electrons. The monoisotopic (exact) mass is 418 g/mol. The highest BCUT2D eigenvalue weighted by molar-refractivity contribution is 6.31. The lowest BCUT2D eigenvalue weighted by Crippen LogP contribution is -2.53. The van der Waals surface area contributed by atoms with E-state index in [9.17, 15) is 36.2 Å². The molecule has 2 fully saturated rings. The van der Waals surface area contributed by atoms with Crippen LogP contribution in [0.5, 0.6) is 5.75 Å². The molecule has 0 bridgehead atoms. The molecule has 0 unspecified atom stereocenters. The first-order valence-electron chi connectivity index (χ1n) is 7.75. The highest BCUT2D eigenvalue weighted by Crippen LogP contribution is 2.54. The van der Waals surface area contributed by atoms with Gasteiger partial charge in [0, 0.05) is 12.8 Å². The SMILES string of the molecule is O=C(c1ccc(OC(F)F)c(Cl)n1)N1CC(F)(F)[C@H](O)[C@@]12CCC(F)(F)C2. The van der Waals surface area contributed by atoms with Gasteiger partial charge in [0.15, 0.2) is 10.9 Å². The maximum Gasteiger partial charge on any atom is 0.387 e. The van der Waals surface area contributed by atoms with Gasteiger partial charge in [-0.2, -0.15) is 8.78 Å². The van der Waals surface area contributed by atoms with Crippen molar-refractivity contribution in [1.82, 2.24) is 9.88 Å². The number of aromatic nitrogens is 1. The van der Waals surface area contributed by atoms with Crippen molar-refractivity contribution in [1.29, 1.82) is 0 Å². The number of halogens is 7. The summed E-state index contributed by atoms with van der Waals surface area (Å²) in [5.41, 5.74) is -2.68. The molecule has 1 aromatic heterocycles. The third-order valence-electron chi connectivity index (χ3n) is 4.80. The Balaban J connectivity index is 1.94. The summed E-state index contributed by atoms with van der Waals surface area (Å²) in [7, 11) is 0. The Morgan fingerprint density at radius 2 is 1.96 bits per heavy atom. The molecular weight excluding hydrogens is 406 g/mol. The zero-order valence-corrected chi connectivity index (χ0v) is 14.2. The van der Waals surface area contributed by atoms with Crippen LogP contribution in [-0.4, -0.2) is 57.5 Å². The molecule has 12 heteroatoms. The summed E-state index contributed by atoms with van der Waals surface area (Å²) in [6, 6.07) is 1.78. The van der Waals surface area contributed by atoms with Gasteiger partial charge in [-0.15, -0.1) is 0 Å². The second kappa shape index (κ2) is 6.40. The van der Waals surface area contributed by atoms with Gasteiger partial charge in [-0.25, -0.2) is 22.5 Å². The van der Waals surface area contributed by atoms with E-state index in [0.717, 1.165) is 12.1 Å². The summed E-state index contributed by atoms with van der Waals surface area (Å²) >= 11 is 5.65. The van der Waals surface area contributed by atoms with Crippen molar-refractivity contribution in [2.24, 2.45) is 0 Å². The van der Waals surface area contributed by atoms with Gasteiger partial charge in [0.2, 0.25) is 0 Å². The van der Waals surface area contributed by atoms with Crippen LogP contribution in [-0.2, 0) is 0 Å². The molecule has 3 rings (SSSR count). The molecule has 1 N–H and O–H groups in total. The van der Waals surface area contributed by atoms with E-state index in [4.69, 9.17) is 11.6 Å². The smallest absolute Gasteiger partial charge is 0.387 e. The number of carbonyl (C=O) groups excluding carboxylic acids is 1. The molecule has 1 amide bonds. The topological polar surface area (TPSA) is 62.7 Å². The summed E-state index contributed by atoms with van der Waals surface area (Å²) in [6.45, 7) is -4.49. The molecule has 5 nitrogen and oxygen atoms in total. The van der Waals surface area contributed by atoms with Crippen LogP contribution in [0.3, 0.4) is 0 Å². The fourth-order valence-corrected chi connectivity index (χ4v) is 3.82. The molecule has 2 atom stereocenters. The van der Waals surface area contributed by atoms with Crippen molar-refractivity contribution in [2.75, 3.05) is 6.54 Å². The minimum absolute atomic E-state index is 0.477. The number of aliphatic hydroxyl groups excluding tert-OH is 1. The standard InChI is InChI=1S/C15H13ClF6N2O3/c16-9-8(27-12(17)18)2-1-7(23-9)10(25)24-6-15(21,22)11(26)13(24)3-4-14(19,20)5-13/h1-2,11-12,26H,3-6H2/t11-,13+/m1/s1. The quantitative estimate of drug-likeness (QED) is 0.604. The van der Waals surface area contributed by atoms with Crippen molar-refractivity contribution >= 4 is 17.5 Å². The Bertz CT molecular complexity index is 765. The summed E-state index contributed by atoms with van der Waals surface area (Å²) in [5.74, 6) is -8.83. The maximum atomic E-state index is 14.1. The number of hydrogen-bond acceptors (Lipinski definition) is 4. The Kier molecular flexibility index (Phi) is 4.74. The molecule has 1 saturated carbocycles. The number of amides is 1. The number of hydrogen-bond donors (Lipinski definition) is 1. The molecule has 2 aliphatic rings. The number of alkyl halides is 6. The predicted molar refractivity (Wildman–Crippen MR) is 79.4 cm³/mol. The Morgan fingerprint density at radius 3 is 2.48 bits per heavy atom. The molecule has 1 aromatic rings. The third-order valence-corrected chi connectivity index (χ3v) is 5.07. The average molecular weight is 419 g/mol. The highest BCUT2D eigenvalue weighted by Gasteiger charge is 2.69. The maximum absolute atomic E-state index is 14.1. The lowest BCUT2D eigenvalue weighted by atomic mass is 9.89. The number of carbonyl (C=O) groups is 1. The first kappa shape index (κ1) is 20.0. The second-order valence-corrected chi connectivity index (χ2v) is 6.91. The first-order valence-corrected chi connectivity index (χ1v) is 8.13. The summed E-state index contributed by atoms with van der Waals surface area (Å²) in [4.78, 5) is 16.7. The lowest BCUT2D eigenvalue weighted by Gasteiger charge is -2.36. The minimum Gasteiger partial charge on any atom is -0.432 e. The van der Waals surface area contributed by atoms with Crippen LogP contribution in [0.2, 0.25) is 5.15 Å². The molecule has 1 aliphatic heterocycles. The summed E-state index contributed by atoms with van der Waals surface area (Å²) in [6.07, 6.45) is -4.88. The van der Waals surface area contributed by atoms with Gasteiger partial charge >= 0.3 is 6.61 Å². The van der Waals surface area contributed by atoms with E-state index in [0.29, 0.717) is 4.90 Å². The van der Waals surface area contributed by atoms with Crippen LogP contribution in [0.15, 0.2) is 12.1 Å². The van der Waals surface area contributed by atoms with E-state index in [1.807, 2.05) is 0 Å². The Hall–Kier alpha value is -1.75. The predicted octanol–water partition coefficient (Wildman–Crippen LogP) is 3.35. The summed E-state index contributed by atoms with van der Waals surface area (Å²) in [5, 5.41) is 9.35. The van der Waals surface area contributed by atoms with Gasteiger partial charge < -0.3 is 14.7 Å². The van der Waals surface area contributed by atoms with Crippen molar-refractivity contribution in [2.45, 2.75) is 49.4 Å². The number of ether oxygens (including phenoxy) is 1. The van der Waals surface area contributed by atoms with Gasteiger partial charge in [0.25, 0.3) is 17.8 Å². The molecule has 2 heterocycles. The fraction of sp³-hybridized carbons (Fsp3) is 0.600. The van der Waals surface area contributed by atoms with E-state index in [-0.39, 0.29) is 0 Å². The molecule has 1 spiro atoms. The van der Waals surface area contributed by atoms with Gasteiger partial charge in [0.1, 0.15) is 11.8 Å². The number of nitrogens with zero attached hydrogens (tertiary/aromatic N) is 2. The van der Waals surface area contributed by atoms with Crippen molar-refractivity contribution in [3.8, 4) is 5.75 Å². The summed E-state index contributed by atoms with van der Waals surface area (Å²) < 4.78 is 84.1. The van der Waals surface area contributed by atoms with E-state index in [1.54, 1.807) is 0 Å². The zero-order chi connectivity index (χ0) is 20.2. The Labute approximate surface area is 153 Å². The van der Waals surface area contributed by atoms with Crippen LogP contribution in [0.4, 0.5) is 26.3 Å². The molecule has 0 radical (unpaired) electrons. The van der Waals surface area contributed by atoms with Crippen LogP contribution < -0.4 is 4.74 Å². The minimum atomic E-state index is -3.79. The van der Waals surface area contributed by atoms with Crippen LogP contribution in [0.1, 0.15) is 29.8 Å². The van der Waals surface area contributed by atoms with E-state index >= 15 is 0 Å². The largest absolute Gasteiger partial charge is 0.432 e. The van der Waals surface area contributed by atoms with Crippen LogP contribution >= 0.6 is 11.6 Å². The number of rotatable bonds is 3. The molecular formula is C15H13ClF6N2O3. The molecule has 0 aromatic carbocycles. The van der Waals surface area contributed by atoms with Gasteiger partial charge in [-0.05, 0) is 18.6 Å². The average Bonchev–Trinajstić information content (AvgIpc) is 2.98. The van der Waals surface area contributed by atoms with Gasteiger partial charge in [0.05, 0.1) is 12.1 Å². The molecule has 27 heavy (non-hydrogen) atoms. The zero-order valence-electron chi connectivity index (χ0n) is 13.4. The first-order chi connectivity index (χ1) is 12.4. The fourth-order valence-electron chi connectivity index (χ4n) is 3.62. The van der Waals surface area contributed by atoms with Crippen LogP contribution in [0, 0.1) is 0 Å². The van der Waals surface area contributed by atoms with Gasteiger partial charge in [-0.1, -0.05) is 11.6 Å². The Morgan fingerprint density at radius 1 is 1.30 bits per heavy atom. The van der Waals surface area contributed by atoms with E-state index in [2.05, 4.69) is 9.72 Å². The lowest BCUT2D eigenvalue weighted by molar-refractivity contribution is -0.102. The molecule has 1 saturated heterocycles. The number of aliphatic hydroxyl groups is 1. The number of likely N-dealkylation sites (tertiary alicyclic amines) is 1. The third kappa shape index (κ3) is 3.42. The van der Waals surface area contributed by atoms with Crippen molar-refractivity contribution in [3.05, 3.63) is 23.0 Å².